The van der Waals surface area contributed by atoms with Crippen LogP contribution in [0.15, 0.2) is 24.3 Å². The molecule has 0 bridgehead atoms. The van der Waals surface area contributed by atoms with Crippen molar-refractivity contribution in [3.05, 3.63) is 29.8 Å². The van der Waals surface area contributed by atoms with Crippen LogP contribution in [0.1, 0.15) is 12.5 Å². The van der Waals surface area contributed by atoms with Gasteiger partial charge < -0.3 is 15.2 Å². The van der Waals surface area contributed by atoms with Gasteiger partial charge in [-0.25, -0.2) is 0 Å². The minimum Gasteiger partial charge on any atom is -0.496 e. The Morgan fingerprint density at radius 3 is 2.75 bits per heavy atom. The molecule has 0 unspecified atom stereocenters. The van der Waals surface area contributed by atoms with E-state index in [1.54, 1.807) is 14.0 Å². The van der Waals surface area contributed by atoms with Crippen LogP contribution in [0.3, 0.4) is 0 Å². The number of esters is 1. The number of benzene rings is 1. The normalized spacial score (nSPS) is 11.9. The van der Waals surface area contributed by atoms with Gasteiger partial charge in [-0.05, 0) is 18.6 Å². The second-order valence-electron chi connectivity index (χ2n) is 3.37. The Kier molecular flexibility index (Phi) is 4.79. The number of para-hydroxylation sites is 1. The first-order valence-corrected chi connectivity index (χ1v) is 5.23. The Bertz CT molecular complexity index is 352. The molecule has 4 heteroatoms. The molecule has 1 aromatic rings. The maximum Gasteiger partial charge on any atom is 0.323 e. The van der Waals surface area contributed by atoms with Gasteiger partial charge in [0.15, 0.2) is 0 Å². The van der Waals surface area contributed by atoms with E-state index >= 15 is 0 Å². The third-order valence-corrected chi connectivity index (χ3v) is 2.22. The fraction of sp³-hybridized carbons (Fsp3) is 0.417. The number of carbonyl (C=O) groups is 1. The third-order valence-electron chi connectivity index (χ3n) is 2.22. The van der Waals surface area contributed by atoms with E-state index < -0.39 is 6.04 Å². The van der Waals surface area contributed by atoms with Crippen LogP contribution in [-0.4, -0.2) is 25.7 Å². The first kappa shape index (κ1) is 12.5. The van der Waals surface area contributed by atoms with Crippen LogP contribution in [0.2, 0.25) is 0 Å². The molecule has 2 N–H and O–H groups in total. The van der Waals surface area contributed by atoms with Gasteiger partial charge in [0.2, 0.25) is 0 Å². The number of ether oxygens (including phenoxy) is 2. The zero-order valence-corrected chi connectivity index (χ0v) is 9.60. The van der Waals surface area contributed by atoms with Crippen LogP contribution in [-0.2, 0) is 16.0 Å². The van der Waals surface area contributed by atoms with Gasteiger partial charge in [-0.2, -0.15) is 0 Å². The van der Waals surface area contributed by atoms with Crippen LogP contribution >= 0.6 is 0 Å². The van der Waals surface area contributed by atoms with Gasteiger partial charge in [-0.1, -0.05) is 18.2 Å². The fourth-order valence-electron chi connectivity index (χ4n) is 1.44. The number of rotatable bonds is 5. The van der Waals surface area contributed by atoms with Crippen molar-refractivity contribution < 1.29 is 14.3 Å². The number of hydrogen-bond donors (Lipinski definition) is 1. The topological polar surface area (TPSA) is 61.5 Å². The second kappa shape index (κ2) is 6.12. The van der Waals surface area contributed by atoms with Crippen LogP contribution in [0, 0.1) is 0 Å². The first-order valence-electron chi connectivity index (χ1n) is 5.23. The minimum atomic E-state index is -0.642. The van der Waals surface area contributed by atoms with Crippen molar-refractivity contribution in [1.82, 2.24) is 0 Å². The van der Waals surface area contributed by atoms with Gasteiger partial charge in [0, 0.05) is 6.42 Å². The summed E-state index contributed by atoms with van der Waals surface area (Å²) >= 11 is 0. The Labute approximate surface area is 95.3 Å². The summed E-state index contributed by atoms with van der Waals surface area (Å²) in [5, 5.41) is 0. The number of methoxy groups -OCH3 is 1. The Morgan fingerprint density at radius 1 is 1.44 bits per heavy atom. The fourth-order valence-corrected chi connectivity index (χ4v) is 1.44. The molecular weight excluding hydrogens is 206 g/mol. The maximum atomic E-state index is 11.4. The van der Waals surface area contributed by atoms with Gasteiger partial charge in [-0.15, -0.1) is 0 Å². The summed E-state index contributed by atoms with van der Waals surface area (Å²) in [6.45, 7) is 2.10. The molecule has 4 nitrogen and oxygen atoms in total. The Morgan fingerprint density at radius 2 is 2.12 bits per heavy atom. The van der Waals surface area contributed by atoms with Crippen molar-refractivity contribution >= 4 is 5.97 Å². The van der Waals surface area contributed by atoms with E-state index in [9.17, 15) is 4.79 Å². The summed E-state index contributed by atoms with van der Waals surface area (Å²) in [5.74, 6) is 0.357. The molecule has 1 atom stereocenters. The summed E-state index contributed by atoms with van der Waals surface area (Å²) in [7, 11) is 1.59. The molecule has 0 aliphatic rings. The summed E-state index contributed by atoms with van der Waals surface area (Å²) in [4.78, 5) is 11.4. The van der Waals surface area contributed by atoms with E-state index in [0.717, 1.165) is 11.3 Å². The molecule has 0 aliphatic heterocycles. The molecule has 16 heavy (non-hydrogen) atoms. The quantitative estimate of drug-likeness (QED) is 0.760. The summed E-state index contributed by atoms with van der Waals surface area (Å²) < 4.78 is 10.0. The molecule has 0 aliphatic carbocycles. The standard InChI is InChI=1S/C12H17NO3/c1-3-16-12(14)10(13)8-9-6-4-5-7-11(9)15-2/h4-7,10H,3,8,13H2,1-2H3/t10-/m0/s1. The molecule has 0 amide bonds. The number of carbonyl (C=O) groups excluding carboxylic acids is 1. The highest BCUT2D eigenvalue weighted by atomic mass is 16.5. The molecular formula is C12H17NO3. The van der Waals surface area contributed by atoms with Crippen LogP contribution in [0.25, 0.3) is 0 Å². The highest BCUT2D eigenvalue weighted by molar-refractivity contribution is 5.76. The zero-order valence-electron chi connectivity index (χ0n) is 9.60. The van der Waals surface area contributed by atoms with Crippen LogP contribution < -0.4 is 10.5 Å². The van der Waals surface area contributed by atoms with E-state index in [1.165, 1.54) is 0 Å². The van der Waals surface area contributed by atoms with E-state index in [-0.39, 0.29) is 5.97 Å². The smallest absolute Gasteiger partial charge is 0.323 e. The van der Waals surface area contributed by atoms with Gasteiger partial charge in [0.1, 0.15) is 11.8 Å². The number of nitrogens with two attached hydrogens (primary N) is 1. The van der Waals surface area contributed by atoms with Gasteiger partial charge >= 0.3 is 5.97 Å². The molecule has 0 radical (unpaired) electrons. The van der Waals surface area contributed by atoms with Crippen molar-refractivity contribution in [2.75, 3.05) is 13.7 Å². The van der Waals surface area contributed by atoms with Crippen molar-refractivity contribution in [2.45, 2.75) is 19.4 Å². The molecule has 0 heterocycles. The summed E-state index contributed by atoms with van der Waals surface area (Å²) in [6, 6.07) is 6.84. The Hall–Kier alpha value is -1.55. The lowest BCUT2D eigenvalue weighted by atomic mass is 10.1. The van der Waals surface area contributed by atoms with Crippen molar-refractivity contribution in [3.8, 4) is 5.75 Å². The molecule has 0 aromatic heterocycles. The highest BCUT2D eigenvalue weighted by Gasteiger charge is 2.16. The summed E-state index contributed by atoms with van der Waals surface area (Å²) in [6.07, 6.45) is 0.419. The average molecular weight is 223 g/mol. The van der Waals surface area contributed by atoms with Crippen LogP contribution in [0.5, 0.6) is 5.75 Å². The van der Waals surface area contributed by atoms with E-state index in [4.69, 9.17) is 15.2 Å². The molecule has 1 aromatic carbocycles. The SMILES string of the molecule is CCOC(=O)[C@@H](N)Cc1ccccc1OC. The van der Waals surface area contributed by atoms with Crippen molar-refractivity contribution in [2.24, 2.45) is 5.73 Å². The van der Waals surface area contributed by atoms with E-state index in [0.29, 0.717) is 13.0 Å². The van der Waals surface area contributed by atoms with Gasteiger partial charge in [0.05, 0.1) is 13.7 Å². The van der Waals surface area contributed by atoms with Crippen molar-refractivity contribution in [1.29, 1.82) is 0 Å². The lowest BCUT2D eigenvalue weighted by molar-refractivity contribution is -0.144. The molecule has 0 fully saturated rings. The first-order chi connectivity index (χ1) is 7.69. The average Bonchev–Trinajstić information content (AvgIpc) is 2.30. The zero-order chi connectivity index (χ0) is 12.0. The third kappa shape index (κ3) is 3.24. The predicted molar refractivity (Wildman–Crippen MR) is 61.3 cm³/mol. The van der Waals surface area contributed by atoms with Gasteiger partial charge in [-0.3, -0.25) is 4.79 Å². The lowest BCUT2D eigenvalue weighted by Gasteiger charge is -2.12. The molecule has 88 valence electrons. The molecule has 0 saturated heterocycles. The second-order valence-corrected chi connectivity index (χ2v) is 3.37. The maximum absolute atomic E-state index is 11.4. The largest absolute Gasteiger partial charge is 0.496 e. The number of hydrogen-bond acceptors (Lipinski definition) is 4. The molecule has 0 saturated carbocycles. The molecule has 0 spiro atoms. The van der Waals surface area contributed by atoms with Crippen LogP contribution in [0.4, 0.5) is 0 Å². The minimum absolute atomic E-state index is 0.346. The Balaban J connectivity index is 2.68. The van der Waals surface area contributed by atoms with E-state index in [1.807, 2.05) is 24.3 Å². The predicted octanol–water partition coefficient (Wildman–Crippen LogP) is 1.13. The highest BCUT2D eigenvalue weighted by Crippen LogP contribution is 2.18. The van der Waals surface area contributed by atoms with Gasteiger partial charge in [0.25, 0.3) is 0 Å². The molecule has 1 rings (SSSR count). The van der Waals surface area contributed by atoms with Crippen molar-refractivity contribution in [3.63, 3.8) is 0 Å². The monoisotopic (exact) mass is 223 g/mol. The van der Waals surface area contributed by atoms with E-state index in [2.05, 4.69) is 0 Å². The summed E-state index contributed by atoms with van der Waals surface area (Å²) in [5.41, 5.74) is 6.64. The lowest BCUT2D eigenvalue weighted by Crippen LogP contribution is -2.34.